The van der Waals surface area contributed by atoms with Crippen LogP contribution >= 0.6 is 0 Å². The Kier molecular flexibility index (Phi) is 2.95. The van der Waals surface area contributed by atoms with Gasteiger partial charge in [-0.15, -0.1) is 0 Å². The zero-order chi connectivity index (χ0) is 12.6. The molecule has 1 aliphatic rings. The van der Waals surface area contributed by atoms with Crippen molar-refractivity contribution in [2.24, 2.45) is 5.92 Å². The topological polar surface area (TPSA) is 71.4 Å². The van der Waals surface area contributed by atoms with Gasteiger partial charge in [0.2, 0.25) is 0 Å². The standard InChI is InChI=1S/C12H14O4S/c1-8(12(13)14)6-10-7-9-4-2-3-5-11(9)17(10,15)16/h2-5,8,10H,6-7H2,1H3,(H,13,14). The lowest BCUT2D eigenvalue weighted by Gasteiger charge is -2.12. The molecule has 1 N–H and O–H groups in total. The van der Waals surface area contributed by atoms with E-state index in [1.165, 1.54) is 0 Å². The van der Waals surface area contributed by atoms with E-state index in [9.17, 15) is 13.2 Å². The zero-order valence-electron chi connectivity index (χ0n) is 9.46. The van der Waals surface area contributed by atoms with Gasteiger partial charge in [-0.25, -0.2) is 8.42 Å². The van der Waals surface area contributed by atoms with Crippen molar-refractivity contribution in [3.05, 3.63) is 29.8 Å². The van der Waals surface area contributed by atoms with E-state index in [1.54, 1.807) is 31.2 Å². The maximum absolute atomic E-state index is 12.1. The van der Waals surface area contributed by atoms with Gasteiger partial charge in [-0.1, -0.05) is 25.1 Å². The van der Waals surface area contributed by atoms with Crippen LogP contribution in [0.2, 0.25) is 0 Å². The summed E-state index contributed by atoms with van der Waals surface area (Å²) in [6.07, 6.45) is 0.600. The molecule has 2 atom stereocenters. The van der Waals surface area contributed by atoms with E-state index in [1.807, 2.05) is 0 Å². The van der Waals surface area contributed by atoms with E-state index < -0.39 is 27.0 Å². The summed E-state index contributed by atoms with van der Waals surface area (Å²) < 4.78 is 24.3. The number of benzene rings is 1. The summed E-state index contributed by atoms with van der Waals surface area (Å²) >= 11 is 0. The van der Waals surface area contributed by atoms with E-state index in [-0.39, 0.29) is 6.42 Å². The predicted octanol–water partition coefficient (Wildman–Crippen LogP) is 1.50. The predicted molar refractivity (Wildman–Crippen MR) is 62.5 cm³/mol. The van der Waals surface area contributed by atoms with Gasteiger partial charge >= 0.3 is 5.97 Å². The second-order valence-electron chi connectivity index (χ2n) is 4.45. The van der Waals surface area contributed by atoms with Gasteiger partial charge in [0.15, 0.2) is 9.84 Å². The Morgan fingerprint density at radius 1 is 1.47 bits per heavy atom. The lowest BCUT2D eigenvalue weighted by atomic mass is 10.0. The summed E-state index contributed by atoms with van der Waals surface area (Å²) in [6, 6.07) is 6.88. The number of hydrogen-bond acceptors (Lipinski definition) is 3. The number of carbonyl (C=O) groups is 1. The summed E-state index contributed by atoms with van der Waals surface area (Å²) in [6.45, 7) is 1.54. The number of fused-ring (bicyclic) bond motifs is 1. The van der Waals surface area contributed by atoms with Crippen LogP contribution in [0.15, 0.2) is 29.2 Å². The first-order chi connectivity index (χ1) is 7.93. The average molecular weight is 254 g/mol. The molecule has 0 fully saturated rings. The molecule has 0 bridgehead atoms. The molecule has 92 valence electrons. The number of sulfone groups is 1. The van der Waals surface area contributed by atoms with Crippen LogP contribution in [0.3, 0.4) is 0 Å². The van der Waals surface area contributed by atoms with Gasteiger partial charge in [-0.05, 0) is 24.5 Å². The first-order valence-corrected chi connectivity index (χ1v) is 7.02. The lowest BCUT2D eigenvalue weighted by molar-refractivity contribution is -0.141. The van der Waals surface area contributed by atoms with Crippen molar-refractivity contribution in [1.29, 1.82) is 0 Å². The van der Waals surface area contributed by atoms with Crippen LogP contribution in [0, 0.1) is 5.92 Å². The van der Waals surface area contributed by atoms with Crippen molar-refractivity contribution in [2.45, 2.75) is 29.9 Å². The number of rotatable bonds is 3. The molecular weight excluding hydrogens is 240 g/mol. The fourth-order valence-electron chi connectivity index (χ4n) is 2.19. The monoisotopic (exact) mass is 254 g/mol. The summed E-state index contributed by atoms with van der Waals surface area (Å²) in [5.41, 5.74) is 0.801. The maximum atomic E-state index is 12.1. The normalized spacial score (nSPS) is 23.0. The molecule has 5 heteroatoms. The van der Waals surface area contributed by atoms with Gasteiger partial charge in [0.05, 0.1) is 16.1 Å². The minimum absolute atomic E-state index is 0.173. The maximum Gasteiger partial charge on any atom is 0.306 e. The Morgan fingerprint density at radius 2 is 2.12 bits per heavy atom. The molecule has 0 saturated heterocycles. The Bertz CT molecular complexity index is 547. The zero-order valence-corrected chi connectivity index (χ0v) is 10.3. The van der Waals surface area contributed by atoms with Gasteiger partial charge in [-0.3, -0.25) is 4.79 Å². The molecule has 1 aromatic rings. The molecule has 2 rings (SSSR count). The van der Waals surface area contributed by atoms with Crippen LogP contribution in [-0.4, -0.2) is 24.7 Å². The molecule has 1 aromatic carbocycles. The van der Waals surface area contributed by atoms with E-state index >= 15 is 0 Å². The van der Waals surface area contributed by atoms with Crippen molar-refractivity contribution >= 4 is 15.8 Å². The van der Waals surface area contributed by atoms with Gasteiger partial charge in [-0.2, -0.15) is 0 Å². The minimum Gasteiger partial charge on any atom is -0.481 e. The van der Waals surface area contributed by atoms with Crippen molar-refractivity contribution < 1.29 is 18.3 Å². The summed E-state index contributed by atoms with van der Waals surface area (Å²) in [5.74, 6) is -1.58. The SMILES string of the molecule is CC(CC1Cc2ccccc2S1(=O)=O)C(=O)O. The Hall–Kier alpha value is -1.36. The third-order valence-electron chi connectivity index (χ3n) is 3.20. The van der Waals surface area contributed by atoms with Gasteiger partial charge in [0.25, 0.3) is 0 Å². The van der Waals surface area contributed by atoms with Crippen LogP contribution in [0.5, 0.6) is 0 Å². The quantitative estimate of drug-likeness (QED) is 0.887. The first-order valence-electron chi connectivity index (χ1n) is 5.47. The molecule has 0 aromatic heterocycles. The smallest absolute Gasteiger partial charge is 0.306 e. The second kappa shape index (κ2) is 4.14. The highest BCUT2D eigenvalue weighted by atomic mass is 32.2. The van der Waals surface area contributed by atoms with Crippen LogP contribution in [0.25, 0.3) is 0 Å². The molecule has 17 heavy (non-hydrogen) atoms. The third kappa shape index (κ3) is 2.07. The van der Waals surface area contributed by atoms with Crippen molar-refractivity contribution in [1.82, 2.24) is 0 Å². The highest BCUT2D eigenvalue weighted by Gasteiger charge is 2.38. The average Bonchev–Trinajstić information content (AvgIpc) is 2.51. The fourth-order valence-corrected chi connectivity index (χ4v) is 4.27. The second-order valence-corrected chi connectivity index (χ2v) is 6.65. The molecule has 2 unspecified atom stereocenters. The summed E-state index contributed by atoms with van der Waals surface area (Å²) in [5, 5.41) is 8.24. The number of hydrogen-bond donors (Lipinski definition) is 1. The van der Waals surface area contributed by atoms with Crippen molar-refractivity contribution in [3.63, 3.8) is 0 Å². The third-order valence-corrected chi connectivity index (χ3v) is 5.45. The largest absolute Gasteiger partial charge is 0.481 e. The van der Waals surface area contributed by atoms with E-state index in [0.717, 1.165) is 5.56 Å². The number of aliphatic carboxylic acids is 1. The lowest BCUT2D eigenvalue weighted by Crippen LogP contribution is -2.23. The highest BCUT2D eigenvalue weighted by molar-refractivity contribution is 7.92. The Morgan fingerprint density at radius 3 is 2.71 bits per heavy atom. The first kappa shape index (κ1) is 12.1. The van der Waals surface area contributed by atoms with Crippen LogP contribution in [0.4, 0.5) is 0 Å². The van der Waals surface area contributed by atoms with E-state index in [2.05, 4.69) is 0 Å². The molecule has 0 amide bonds. The molecule has 1 heterocycles. The number of carboxylic acid groups (broad SMARTS) is 1. The molecular formula is C12H14O4S. The van der Waals surface area contributed by atoms with E-state index in [0.29, 0.717) is 11.3 Å². The molecule has 0 aliphatic carbocycles. The van der Waals surface area contributed by atoms with Crippen molar-refractivity contribution in [2.75, 3.05) is 0 Å². The van der Waals surface area contributed by atoms with Crippen molar-refractivity contribution in [3.8, 4) is 0 Å². The molecule has 0 spiro atoms. The Balaban J connectivity index is 2.29. The summed E-state index contributed by atoms with van der Waals surface area (Å²) in [7, 11) is -3.34. The highest BCUT2D eigenvalue weighted by Crippen LogP contribution is 2.34. The molecule has 0 saturated carbocycles. The van der Waals surface area contributed by atoms with Gasteiger partial charge in [0, 0.05) is 0 Å². The van der Waals surface area contributed by atoms with E-state index in [4.69, 9.17) is 5.11 Å². The van der Waals surface area contributed by atoms with Crippen LogP contribution < -0.4 is 0 Å². The summed E-state index contributed by atoms with van der Waals surface area (Å²) in [4.78, 5) is 11.1. The molecule has 4 nitrogen and oxygen atoms in total. The molecule has 1 aliphatic heterocycles. The Labute approximate surface area is 100 Å². The minimum atomic E-state index is -3.34. The van der Waals surface area contributed by atoms with Crippen LogP contribution in [-0.2, 0) is 21.1 Å². The number of carboxylic acids is 1. The fraction of sp³-hybridized carbons (Fsp3) is 0.417. The van der Waals surface area contributed by atoms with Gasteiger partial charge < -0.3 is 5.11 Å². The molecule has 0 radical (unpaired) electrons. The van der Waals surface area contributed by atoms with Gasteiger partial charge in [0.1, 0.15) is 0 Å². The van der Waals surface area contributed by atoms with Crippen LogP contribution in [0.1, 0.15) is 18.9 Å².